The topological polar surface area (TPSA) is 97.6 Å². The second-order valence-electron chi connectivity index (χ2n) is 5.49. The van der Waals surface area contributed by atoms with Crippen molar-refractivity contribution < 1.29 is 23.8 Å². The Morgan fingerprint density at radius 3 is 2.59 bits per heavy atom. The van der Waals surface area contributed by atoms with Crippen molar-refractivity contribution in [3.63, 3.8) is 0 Å². The summed E-state index contributed by atoms with van der Waals surface area (Å²) in [7, 11) is 1.47. The van der Waals surface area contributed by atoms with Gasteiger partial charge in [-0.15, -0.1) is 0 Å². The van der Waals surface area contributed by atoms with E-state index in [2.05, 4.69) is 5.32 Å². The molecule has 140 valence electrons. The van der Waals surface area contributed by atoms with E-state index in [1.165, 1.54) is 26.2 Å². The number of para-hydroxylation sites is 1. The molecule has 2 rings (SSSR count). The van der Waals surface area contributed by atoms with Gasteiger partial charge in [0, 0.05) is 0 Å². The van der Waals surface area contributed by atoms with E-state index in [0.717, 1.165) is 0 Å². The molecule has 1 amide bonds. The van der Waals surface area contributed by atoms with Crippen molar-refractivity contribution in [1.29, 1.82) is 5.26 Å². The van der Waals surface area contributed by atoms with Gasteiger partial charge in [0.05, 0.1) is 30.5 Å². The molecule has 0 aliphatic rings. The average Bonchev–Trinajstić information content (AvgIpc) is 2.68. The lowest BCUT2D eigenvalue weighted by atomic mass is 10.2. The summed E-state index contributed by atoms with van der Waals surface area (Å²) >= 11 is 0. The van der Waals surface area contributed by atoms with E-state index in [1.807, 2.05) is 13.0 Å². The van der Waals surface area contributed by atoms with E-state index in [-0.39, 0.29) is 5.56 Å². The van der Waals surface area contributed by atoms with Crippen molar-refractivity contribution in [1.82, 2.24) is 0 Å². The summed E-state index contributed by atoms with van der Waals surface area (Å²) in [5, 5.41) is 11.6. The maximum absolute atomic E-state index is 12.3. The van der Waals surface area contributed by atoms with Gasteiger partial charge in [-0.2, -0.15) is 5.26 Å². The van der Waals surface area contributed by atoms with Crippen LogP contribution in [0.15, 0.2) is 42.5 Å². The second-order valence-corrected chi connectivity index (χ2v) is 5.49. The Kier molecular flexibility index (Phi) is 6.78. The summed E-state index contributed by atoms with van der Waals surface area (Å²) in [5.74, 6) is -0.307. The lowest BCUT2D eigenvalue weighted by Crippen LogP contribution is -2.30. The first kappa shape index (κ1) is 19.8. The zero-order valence-electron chi connectivity index (χ0n) is 15.3. The molecule has 0 saturated carbocycles. The molecule has 0 aromatic heterocycles. The standard InChI is InChI=1S/C20H20N2O5/c1-4-26-17-10-9-14(11-18(17)25-3)20(24)27-13(2)19(23)22-16-8-6-5-7-15(16)12-21/h5-11,13H,4H2,1-3H3,(H,22,23). The van der Waals surface area contributed by atoms with Crippen LogP contribution < -0.4 is 14.8 Å². The fourth-order valence-corrected chi connectivity index (χ4v) is 2.28. The fourth-order valence-electron chi connectivity index (χ4n) is 2.28. The molecule has 1 unspecified atom stereocenters. The number of hydrogen-bond acceptors (Lipinski definition) is 6. The van der Waals surface area contributed by atoms with E-state index in [0.29, 0.717) is 29.4 Å². The third kappa shape index (κ3) is 4.98. The maximum atomic E-state index is 12.3. The number of nitriles is 1. The van der Waals surface area contributed by atoms with Gasteiger partial charge in [-0.05, 0) is 44.2 Å². The summed E-state index contributed by atoms with van der Waals surface area (Å²) in [5.41, 5.74) is 0.906. The number of methoxy groups -OCH3 is 1. The van der Waals surface area contributed by atoms with E-state index in [4.69, 9.17) is 19.5 Å². The highest BCUT2D eigenvalue weighted by Gasteiger charge is 2.21. The number of ether oxygens (including phenoxy) is 3. The number of anilines is 1. The Hall–Kier alpha value is -3.53. The summed E-state index contributed by atoms with van der Waals surface area (Å²) < 4.78 is 15.8. The Bertz CT molecular complexity index is 873. The van der Waals surface area contributed by atoms with E-state index in [9.17, 15) is 9.59 Å². The quantitative estimate of drug-likeness (QED) is 0.754. The summed E-state index contributed by atoms with van der Waals surface area (Å²) in [6.07, 6.45) is -1.05. The zero-order chi connectivity index (χ0) is 19.8. The minimum absolute atomic E-state index is 0.229. The molecule has 0 aliphatic carbocycles. The molecule has 0 saturated heterocycles. The molecule has 0 bridgehead atoms. The molecule has 2 aromatic rings. The van der Waals surface area contributed by atoms with E-state index < -0.39 is 18.0 Å². The van der Waals surface area contributed by atoms with Crippen LogP contribution >= 0.6 is 0 Å². The first-order valence-corrected chi connectivity index (χ1v) is 8.32. The van der Waals surface area contributed by atoms with Gasteiger partial charge in [-0.1, -0.05) is 12.1 Å². The molecular formula is C20H20N2O5. The number of amides is 1. The highest BCUT2D eigenvalue weighted by molar-refractivity contribution is 5.98. The monoisotopic (exact) mass is 368 g/mol. The van der Waals surface area contributed by atoms with Crippen molar-refractivity contribution >= 4 is 17.6 Å². The van der Waals surface area contributed by atoms with Crippen LogP contribution in [0.1, 0.15) is 29.8 Å². The molecule has 7 heteroatoms. The van der Waals surface area contributed by atoms with Crippen molar-refractivity contribution in [2.45, 2.75) is 20.0 Å². The maximum Gasteiger partial charge on any atom is 0.339 e. The van der Waals surface area contributed by atoms with Gasteiger partial charge in [0.2, 0.25) is 0 Å². The molecule has 0 spiro atoms. The smallest absolute Gasteiger partial charge is 0.339 e. The predicted octanol–water partition coefficient (Wildman–Crippen LogP) is 3.15. The molecule has 1 atom stereocenters. The van der Waals surface area contributed by atoms with Gasteiger partial charge in [0.1, 0.15) is 6.07 Å². The number of carbonyl (C=O) groups excluding carboxylic acids is 2. The van der Waals surface area contributed by atoms with Gasteiger partial charge in [0.25, 0.3) is 5.91 Å². The largest absolute Gasteiger partial charge is 0.493 e. The van der Waals surface area contributed by atoms with Crippen molar-refractivity contribution in [2.24, 2.45) is 0 Å². The van der Waals surface area contributed by atoms with Crippen LogP contribution in [-0.2, 0) is 9.53 Å². The van der Waals surface area contributed by atoms with Crippen molar-refractivity contribution in [3.05, 3.63) is 53.6 Å². The number of hydrogen-bond donors (Lipinski definition) is 1. The van der Waals surface area contributed by atoms with E-state index in [1.54, 1.807) is 30.3 Å². The number of nitrogens with zero attached hydrogens (tertiary/aromatic N) is 1. The number of esters is 1. The molecule has 2 aromatic carbocycles. The minimum Gasteiger partial charge on any atom is -0.493 e. The number of nitrogens with one attached hydrogen (secondary N) is 1. The van der Waals surface area contributed by atoms with Crippen molar-refractivity contribution in [2.75, 3.05) is 19.0 Å². The van der Waals surface area contributed by atoms with Gasteiger partial charge in [-0.25, -0.2) is 4.79 Å². The Labute approximate surface area is 157 Å². The highest BCUT2D eigenvalue weighted by atomic mass is 16.5. The number of carbonyl (C=O) groups is 2. The SMILES string of the molecule is CCOc1ccc(C(=O)OC(C)C(=O)Nc2ccccc2C#N)cc1OC. The summed E-state index contributed by atoms with van der Waals surface area (Å²) in [6, 6.07) is 13.2. The van der Waals surface area contributed by atoms with Crippen molar-refractivity contribution in [3.8, 4) is 17.6 Å². The van der Waals surface area contributed by atoms with Crippen LogP contribution in [0, 0.1) is 11.3 Å². The average molecular weight is 368 g/mol. The molecule has 0 heterocycles. The van der Waals surface area contributed by atoms with Gasteiger partial charge >= 0.3 is 5.97 Å². The van der Waals surface area contributed by atoms with E-state index >= 15 is 0 Å². The summed E-state index contributed by atoms with van der Waals surface area (Å²) in [6.45, 7) is 3.75. The highest BCUT2D eigenvalue weighted by Crippen LogP contribution is 2.28. The Morgan fingerprint density at radius 2 is 1.93 bits per heavy atom. The number of rotatable bonds is 7. The van der Waals surface area contributed by atoms with Crippen LogP contribution in [-0.4, -0.2) is 31.7 Å². The van der Waals surface area contributed by atoms with Crippen LogP contribution in [0.2, 0.25) is 0 Å². The molecule has 1 N–H and O–H groups in total. The molecule has 0 fully saturated rings. The van der Waals surface area contributed by atoms with Gasteiger partial charge < -0.3 is 19.5 Å². The lowest BCUT2D eigenvalue weighted by Gasteiger charge is -2.15. The predicted molar refractivity (Wildman–Crippen MR) is 98.8 cm³/mol. The molecular weight excluding hydrogens is 348 g/mol. The molecule has 0 radical (unpaired) electrons. The normalized spacial score (nSPS) is 11.0. The van der Waals surface area contributed by atoms with Gasteiger partial charge in [-0.3, -0.25) is 4.79 Å². The van der Waals surface area contributed by atoms with Crippen LogP contribution in [0.4, 0.5) is 5.69 Å². The van der Waals surface area contributed by atoms with Crippen LogP contribution in [0.5, 0.6) is 11.5 Å². The third-order valence-electron chi connectivity index (χ3n) is 3.66. The Balaban J connectivity index is 2.06. The first-order valence-electron chi connectivity index (χ1n) is 8.32. The summed E-state index contributed by atoms with van der Waals surface area (Å²) in [4.78, 5) is 24.6. The number of benzene rings is 2. The Morgan fingerprint density at radius 1 is 1.19 bits per heavy atom. The molecule has 27 heavy (non-hydrogen) atoms. The second kappa shape index (κ2) is 9.25. The third-order valence-corrected chi connectivity index (χ3v) is 3.66. The fraction of sp³-hybridized carbons (Fsp3) is 0.250. The lowest BCUT2D eigenvalue weighted by molar-refractivity contribution is -0.123. The minimum atomic E-state index is -1.05. The van der Waals surface area contributed by atoms with Crippen LogP contribution in [0.3, 0.4) is 0 Å². The molecule has 0 aliphatic heterocycles. The zero-order valence-corrected chi connectivity index (χ0v) is 15.3. The molecule has 7 nitrogen and oxygen atoms in total. The van der Waals surface area contributed by atoms with Crippen LogP contribution in [0.25, 0.3) is 0 Å². The van der Waals surface area contributed by atoms with Gasteiger partial charge in [0.15, 0.2) is 17.6 Å². The first-order chi connectivity index (χ1) is 13.0.